The van der Waals surface area contributed by atoms with Gasteiger partial charge >= 0.3 is 6.18 Å². The van der Waals surface area contributed by atoms with Gasteiger partial charge in [-0.15, -0.1) is 5.10 Å². The van der Waals surface area contributed by atoms with Crippen LogP contribution in [0.2, 0.25) is 5.02 Å². The van der Waals surface area contributed by atoms with Crippen LogP contribution in [0.1, 0.15) is 64.9 Å². The van der Waals surface area contributed by atoms with Gasteiger partial charge in [-0.1, -0.05) is 30.7 Å². The number of anilines is 2. The van der Waals surface area contributed by atoms with Gasteiger partial charge in [0.15, 0.2) is 11.5 Å². The molecule has 0 saturated carbocycles. The van der Waals surface area contributed by atoms with Crippen LogP contribution in [0.4, 0.5) is 24.5 Å². The van der Waals surface area contributed by atoms with Crippen molar-refractivity contribution in [2.75, 3.05) is 43.0 Å². The van der Waals surface area contributed by atoms with Gasteiger partial charge in [0.05, 0.1) is 47.4 Å². The van der Waals surface area contributed by atoms with Crippen molar-refractivity contribution in [1.29, 1.82) is 0 Å². The molecular formula is C39H38ClF3N8O6. The molecule has 3 aliphatic heterocycles. The summed E-state index contributed by atoms with van der Waals surface area (Å²) in [5.74, 6) is -0.991. The van der Waals surface area contributed by atoms with Gasteiger partial charge in [0.25, 0.3) is 11.5 Å². The molecule has 5 aromatic rings. The molecule has 0 bridgehead atoms. The van der Waals surface area contributed by atoms with E-state index in [1.54, 1.807) is 9.47 Å². The lowest BCUT2D eigenvalue weighted by Gasteiger charge is -2.36. The molecule has 0 aliphatic carbocycles. The van der Waals surface area contributed by atoms with E-state index < -0.39 is 41.3 Å². The molecule has 298 valence electrons. The Labute approximate surface area is 328 Å². The SMILES string of the molecule is CCc1c(N2CCN(C(=O)c3nc4c(cc3O)COCC4)CC2)c(=O)n2nc(-c3ccc4c(c3)COC4(C)C)nc2n1CC(=O)Nc1ccc(C(F)(F)F)cc1Cl. The summed E-state index contributed by atoms with van der Waals surface area (Å²) in [4.78, 5) is 54.4. The molecule has 0 unspecified atom stereocenters. The molecule has 18 heteroatoms. The van der Waals surface area contributed by atoms with Crippen molar-refractivity contribution in [1.82, 2.24) is 29.0 Å². The molecular weight excluding hydrogens is 769 g/mol. The van der Waals surface area contributed by atoms with Gasteiger partial charge in [0, 0.05) is 49.4 Å². The minimum absolute atomic E-state index is 0.0241. The number of rotatable bonds is 7. The molecule has 3 aromatic heterocycles. The van der Waals surface area contributed by atoms with Crippen LogP contribution >= 0.6 is 11.6 Å². The first-order valence-electron chi connectivity index (χ1n) is 18.4. The maximum Gasteiger partial charge on any atom is 0.416 e. The normalized spacial score (nSPS) is 16.5. The molecule has 2 N–H and O–H groups in total. The number of benzene rings is 2. The van der Waals surface area contributed by atoms with Crippen molar-refractivity contribution >= 4 is 40.6 Å². The van der Waals surface area contributed by atoms with Crippen LogP contribution in [-0.2, 0) is 58.6 Å². The highest BCUT2D eigenvalue weighted by molar-refractivity contribution is 6.33. The number of fused-ring (bicyclic) bond motifs is 3. The van der Waals surface area contributed by atoms with Crippen LogP contribution in [0.3, 0.4) is 0 Å². The number of ether oxygens (including phenoxy) is 2. The fourth-order valence-electron chi connectivity index (χ4n) is 7.67. The van der Waals surface area contributed by atoms with Crippen LogP contribution in [-0.4, -0.2) is 78.8 Å². The van der Waals surface area contributed by atoms with Crippen LogP contribution in [0.15, 0.2) is 47.3 Å². The van der Waals surface area contributed by atoms with E-state index in [1.807, 2.05) is 43.9 Å². The Kier molecular flexibility index (Phi) is 9.72. The highest BCUT2D eigenvalue weighted by Crippen LogP contribution is 2.38. The fraction of sp³-hybridized carbons (Fsp3) is 0.385. The van der Waals surface area contributed by atoms with Gasteiger partial charge in [0.2, 0.25) is 11.7 Å². The maximum absolute atomic E-state index is 14.5. The van der Waals surface area contributed by atoms with E-state index in [9.17, 15) is 32.7 Å². The minimum atomic E-state index is -4.62. The summed E-state index contributed by atoms with van der Waals surface area (Å²) < 4.78 is 54.0. The van der Waals surface area contributed by atoms with Crippen LogP contribution in [0, 0.1) is 0 Å². The first-order valence-corrected chi connectivity index (χ1v) is 18.8. The predicted molar refractivity (Wildman–Crippen MR) is 202 cm³/mol. The number of nitrogens with zero attached hydrogens (tertiary/aromatic N) is 7. The van der Waals surface area contributed by atoms with Gasteiger partial charge in [-0.25, -0.2) is 4.98 Å². The summed E-state index contributed by atoms with van der Waals surface area (Å²) in [6.07, 6.45) is -3.82. The molecule has 1 saturated heterocycles. The Bertz CT molecular complexity index is 2510. The van der Waals surface area contributed by atoms with Gasteiger partial charge in [0.1, 0.15) is 18.0 Å². The number of nitrogens with one attached hydrogen (secondary N) is 1. The Morgan fingerprint density at radius 2 is 1.79 bits per heavy atom. The Morgan fingerprint density at radius 3 is 2.51 bits per heavy atom. The van der Waals surface area contributed by atoms with Crippen molar-refractivity contribution in [3.8, 4) is 17.1 Å². The lowest BCUT2D eigenvalue weighted by molar-refractivity contribution is -0.137. The van der Waals surface area contributed by atoms with Gasteiger partial charge in [-0.3, -0.25) is 14.4 Å². The van der Waals surface area contributed by atoms with E-state index in [1.165, 1.54) is 6.07 Å². The quantitative estimate of drug-likeness (QED) is 0.221. The Morgan fingerprint density at radius 1 is 1.02 bits per heavy atom. The van der Waals surface area contributed by atoms with Crippen molar-refractivity contribution in [3.63, 3.8) is 0 Å². The number of halogens is 4. The number of amides is 2. The van der Waals surface area contributed by atoms with E-state index in [0.717, 1.165) is 39.4 Å². The average molecular weight is 807 g/mol. The maximum atomic E-state index is 14.5. The average Bonchev–Trinajstić information content (AvgIpc) is 3.77. The molecule has 57 heavy (non-hydrogen) atoms. The molecule has 8 rings (SSSR count). The van der Waals surface area contributed by atoms with Gasteiger partial charge in [-0.2, -0.15) is 22.7 Å². The second kappa shape index (κ2) is 14.5. The molecule has 0 radical (unpaired) electrons. The number of pyridine rings is 1. The highest BCUT2D eigenvalue weighted by Gasteiger charge is 2.34. The molecule has 3 aliphatic rings. The Hall–Kier alpha value is -5.52. The number of aromatic nitrogens is 5. The van der Waals surface area contributed by atoms with Crippen molar-refractivity contribution in [2.45, 2.75) is 65.1 Å². The van der Waals surface area contributed by atoms with Crippen LogP contribution in [0.5, 0.6) is 5.75 Å². The summed E-state index contributed by atoms with van der Waals surface area (Å²) in [6.45, 7) is 7.41. The standard InChI is InChI=1S/C39H38ClF3N8O6/c1-4-29-33(48-10-12-49(13-11-48)35(54)32-30(52)16-23-19-56-14-9-27(23)45-32)36(55)51-37(46-34(47-51)21-5-7-25-22(15-21)20-57-38(25,2)3)50(29)18-31(53)44-28-8-6-24(17-26(28)40)39(41,42)43/h5-8,15-17,52H,4,9-14,18-20H2,1-3H3,(H,44,53). The molecule has 1 fully saturated rings. The van der Waals surface area contributed by atoms with E-state index in [0.29, 0.717) is 43.2 Å². The lowest BCUT2D eigenvalue weighted by atomic mass is 9.94. The first-order chi connectivity index (χ1) is 27.1. The molecule has 0 atom stereocenters. The van der Waals surface area contributed by atoms with Gasteiger partial charge < -0.3 is 34.3 Å². The molecule has 2 amide bonds. The summed E-state index contributed by atoms with van der Waals surface area (Å²) in [5.41, 5.74) is 2.78. The number of aromatic hydroxyl groups is 1. The zero-order valence-corrected chi connectivity index (χ0v) is 32.0. The molecule has 0 spiro atoms. The summed E-state index contributed by atoms with van der Waals surface area (Å²) >= 11 is 6.17. The first kappa shape index (κ1) is 38.4. The number of carbonyl (C=O) groups is 2. The zero-order valence-electron chi connectivity index (χ0n) is 31.2. The van der Waals surface area contributed by atoms with Crippen molar-refractivity contribution in [3.05, 3.63) is 97.2 Å². The summed E-state index contributed by atoms with van der Waals surface area (Å²) in [7, 11) is 0. The van der Waals surface area contributed by atoms with E-state index in [4.69, 9.17) is 26.1 Å². The van der Waals surface area contributed by atoms with Crippen molar-refractivity contribution in [2.24, 2.45) is 0 Å². The van der Waals surface area contributed by atoms with Crippen LogP contribution in [0.25, 0.3) is 17.2 Å². The number of hydrogen-bond donors (Lipinski definition) is 2. The third-order valence-electron chi connectivity index (χ3n) is 10.6. The fourth-order valence-corrected chi connectivity index (χ4v) is 7.89. The number of alkyl halides is 3. The Balaban J connectivity index is 1.14. The van der Waals surface area contributed by atoms with E-state index >= 15 is 0 Å². The van der Waals surface area contributed by atoms with Crippen molar-refractivity contribution < 1.29 is 37.3 Å². The second-order valence-corrected chi connectivity index (χ2v) is 15.0. The third-order valence-corrected chi connectivity index (χ3v) is 10.9. The monoisotopic (exact) mass is 806 g/mol. The minimum Gasteiger partial charge on any atom is -0.505 e. The van der Waals surface area contributed by atoms with Gasteiger partial charge in [-0.05, 0) is 61.7 Å². The molecule has 2 aromatic carbocycles. The molecule has 6 heterocycles. The summed E-state index contributed by atoms with van der Waals surface area (Å²) in [5, 5.41) is 17.6. The molecule has 14 nitrogen and oxygen atoms in total. The largest absolute Gasteiger partial charge is 0.505 e. The van der Waals surface area contributed by atoms with E-state index in [-0.39, 0.29) is 72.0 Å². The topological polar surface area (TPSA) is 156 Å². The van der Waals surface area contributed by atoms with Crippen LogP contribution < -0.4 is 15.8 Å². The smallest absolute Gasteiger partial charge is 0.416 e. The third kappa shape index (κ3) is 7.08. The predicted octanol–water partition coefficient (Wildman–Crippen LogP) is 5.33. The zero-order chi connectivity index (χ0) is 40.4. The summed E-state index contributed by atoms with van der Waals surface area (Å²) in [6, 6.07) is 9.85. The number of hydrogen-bond acceptors (Lipinski definition) is 10. The highest BCUT2D eigenvalue weighted by atomic mass is 35.5. The number of carbonyl (C=O) groups excluding carboxylic acids is 2. The number of piperazine rings is 1. The second-order valence-electron chi connectivity index (χ2n) is 14.6. The van der Waals surface area contributed by atoms with E-state index in [2.05, 4.69) is 15.4 Å². The lowest BCUT2D eigenvalue weighted by Crippen LogP contribution is -2.51.